The molecule has 3 aromatic carbocycles. The van der Waals surface area contributed by atoms with E-state index < -0.39 is 30.0 Å². The average Bonchev–Trinajstić information content (AvgIpc) is 2.86. The number of carbonyl (C=O) groups is 3. The fourth-order valence-electron chi connectivity index (χ4n) is 4.32. The summed E-state index contributed by atoms with van der Waals surface area (Å²) in [6, 6.07) is 23.0. The topological polar surface area (TPSA) is 102 Å². The van der Waals surface area contributed by atoms with Gasteiger partial charge in [-0.1, -0.05) is 84.4 Å². The Labute approximate surface area is 204 Å². The molecular formula is C28H29N3O4. The summed E-state index contributed by atoms with van der Waals surface area (Å²) < 4.78 is 5.54. The molecule has 35 heavy (non-hydrogen) atoms. The Bertz CT molecular complexity index is 1210. The second kappa shape index (κ2) is 10.9. The number of ether oxygens (including phenoxy) is 1. The monoisotopic (exact) mass is 471 g/mol. The molecule has 0 radical (unpaired) electrons. The van der Waals surface area contributed by atoms with Gasteiger partial charge < -0.3 is 15.8 Å². The van der Waals surface area contributed by atoms with Gasteiger partial charge in [-0.2, -0.15) is 0 Å². The van der Waals surface area contributed by atoms with Gasteiger partial charge in [0.15, 0.2) is 0 Å². The van der Waals surface area contributed by atoms with Gasteiger partial charge in [0.05, 0.1) is 6.54 Å². The van der Waals surface area contributed by atoms with Crippen molar-refractivity contribution >= 4 is 17.9 Å². The lowest BCUT2D eigenvalue weighted by Crippen LogP contribution is -2.56. The summed E-state index contributed by atoms with van der Waals surface area (Å²) in [7, 11) is 0. The minimum absolute atomic E-state index is 0.101. The van der Waals surface area contributed by atoms with Crippen LogP contribution in [0.5, 0.6) is 0 Å². The van der Waals surface area contributed by atoms with Crippen LogP contribution in [0.2, 0.25) is 0 Å². The molecule has 0 saturated carbocycles. The molecular weight excluding hydrogens is 442 g/mol. The van der Waals surface area contributed by atoms with Crippen molar-refractivity contribution in [2.75, 3.05) is 0 Å². The number of nitrogens with two attached hydrogens (primary N) is 1. The van der Waals surface area contributed by atoms with Crippen molar-refractivity contribution in [3.8, 4) is 0 Å². The molecule has 0 bridgehead atoms. The Balaban J connectivity index is 1.52. The Morgan fingerprint density at radius 1 is 0.971 bits per heavy atom. The maximum atomic E-state index is 13.4. The summed E-state index contributed by atoms with van der Waals surface area (Å²) >= 11 is 0. The first-order chi connectivity index (χ1) is 16.9. The fraction of sp³-hybridized carbons (Fsp3) is 0.250. The molecule has 0 saturated heterocycles. The number of aryl methyl sites for hydroxylation is 1. The first kappa shape index (κ1) is 24.0. The molecule has 1 aliphatic heterocycles. The molecule has 0 aromatic heterocycles. The second-order valence-electron chi connectivity index (χ2n) is 8.81. The third-order valence-corrected chi connectivity index (χ3v) is 6.17. The summed E-state index contributed by atoms with van der Waals surface area (Å²) in [4.78, 5) is 40.1. The van der Waals surface area contributed by atoms with Crippen molar-refractivity contribution in [2.24, 2.45) is 5.73 Å². The highest BCUT2D eigenvalue weighted by atomic mass is 16.6. The van der Waals surface area contributed by atoms with E-state index in [0.717, 1.165) is 27.8 Å². The van der Waals surface area contributed by atoms with E-state index in [1.165, 1.54) is 4.90 Å². The van der Waals surface area contributed by atoms with Gasteiger partial charge in [-0.15, -0.1) is 0 Å². The maximum absolute atomic E-state index is 13.4. The summed E-state index contributed by atoms with van der Waals surface area (Å²) in [5.41, 5.74) is 10.4. The average molecular weight is 472 g/mol. The van der Waals surface area contributed by atoms with Crippen molar-refractivity contribution in [3.63, 3.8) is 0 Å². The van der Waals surface area contributed by atoms with Gasteiger partial charge in [-0.3, -0.25) is 14.5 Å². The zero-order valence-electron chi connectivity index (χ0n) is 19.6. The highest BCUT2D eigenvalue weighted by Gasteiger charge is 2.37. The number of amides is 3. The Morgan fingerprint density at radius 2 is 1.66 bits per heavy atom. The SMILES string of the molecule is Cc1cccc(C[C@@H](NC(=O)[C@@H]2Cc3ccccc3CN2C(=O)OCc2ccccc2)C(N)=O)c1. The smallest absolute Gasteiger partial charge is 0.411 e. The summed E-state index contributed by atoms with van der Waals surface area (Å²) in [5.74, 6) is -1.07. The summed E-state index contributed by atoms with van der Waals surface area (Å²) in [6.07, 6.45) is 0.000839. The number of fused-ring (bicyclic) bond motifs is 1. The molecule has 4 rings (SSSR count). The van der Waals surface area contributed by atoms with Crippen molar-refractivity contribution in [1.29, 1.82) is 0 Å². The Morgan fingerprint density at radius 3 is 2.37 bits per heavy atom. The lowest BCUT2D eigenvalue weighted by atomic mass is 9.93. The number of nitrogens with zero attached hydrogens (tertiary/aromatic N) is 1. The minimum Gasteiger partial charge on any atom is -0.445 e. The van der Waals surface area contributed by atoms with Gasteiger partial charge in [-0.05, 0) is 29.2 Å². The van der Waals surface area contributed by atoms with Crippen LogP contribution in [0.25, 0.3) is 0 Å². The number of hydrogen-bond acceptors (Lipinski definition) is 4. The molecule has 7 nitrogen and oxygen atoms in total. The number of benzene rings is 3. The number of nitrogens with one attached hydrogen (secondary N) is 1. The molecule has 180 valence electrons. The van der Waals surface area contributed by atoms with Crippen LogP contribution in [0.3, 0.4) is 0 Å². The molecule has 0 aliphatic carbocycles. The zero-order chi connectivity index (χ0) is 24.8. The van der Waals surface area contributed by atoms with E-state index in [-0.39, 0.29) is 19.6 Å². The van der Waals surface area contributed by atoms with E-state index in [4.69, 9.17) is 10.5 Å². The molecule has 3 aromatic rings. The molecule has 0 fully saturated rings. The Kier molecular flexibility index (Phi) is 7.45. The quantitative estimate of drug-likeness (QED) is 0.552. The second-order valence-corrected chi connectivity index (χ2v) is 8.81. The fourth-order valence-corrected chi connectivity index (χ4v) is 4.32. The van der Waals surface area contributed by atoms with Crippen molar-refractivity contribution in [3.05, 3.63) is 107 Å². The predicted molar refractivity (Wildman–Crippen MR) is 132 cm³/mol. The van der Waals surface area contributed by atoms with E-state index >= 15 is 0 Å². The van der Waals surface area contributed by atoms with Gasteiger partial charge in [-0.25, -0.2) is 4.79 Å². The molecule has 1 aliphatic rings. The third-order valence-electron chi connectivity index (χ3n) is 6.17. The van der Waals surface area contributed by atoms with Crippen LogP contribution >= 0.6 is 0 Å². The van der Waals surface area contributed by atoms with Crippen molar-refractivity contribution in [1.82, 2.24) is 10.2 Å². The molecule has 0 unspecified atom stereocenters. The highest BCUT2D eigenvalue weighted by molar-refractivity contribution is 5.91. The van der Waals surface area contributed by atoms with E-state index in [1.54, 1.807) is 0 Å². The van der Waals surface area contributed by atoms with Gasteiger partial charge in [0.2, 0.25) is 11.8 Å². The molecule has 2 atom stereocenters. The van der Waals surface area contributed by atoms with Crippen LogP contribution < -0.4 is 11.1 Å². The lowest BCUT2D eigenvalue weighted by molar-refractivity contribution is -0.131. The number of primary amides is 1. The maximum Gasteiger partial charge on any atom is 0.411 e. The molecule has 3 amide bonds. The van der Waals surface area contributed by atoms with Crippen LogP contribution in [-0.2, 0) is 40.3 Å². The van der Waals surface area contributed by atoms with Crippen LogP contribution in [0.4, 0.5) is 4.79 Å². The normalized spacial score (nSPS) is 15.6. The number of hydrogen-bond donors (Lipinski definition) is 2. The highest BCUT2D eigenvalue weighted by Crippen LogP contribution is 2.25. The minimum atomic E-state index is -0.899. The van der Waals surface area contributed by atoms with E-state index in [9.17, 15) is 14.4 Å². The molecule has 0 spiro atoms. The Hall–Kier alpha value is -4.13. The lowest BCUT2D eigenvalue weighted by Gasteiger charge is -2.35. The van der Waals surface area contributed by atoms with Crippen molar-refractivity contribution in [2.45, 2.75) is 45.0 Å². The van der Waals surface area contributed by atoms with Crippen LogP contribution in [-0.4, -0.2) is 34.9 Å². The zero-order valence-corrected chi connectivity index (χ0v) is 19.6. The summed E-state index contributed by atoms with van der Waals surface area (Å²) in [6.45, 7) is 2.30. The van der Waals surface area contributed by atoms with E-state index in [1.807, 2.05) is 85.8 Å². The van der Waals surface area contributed by atoms with E-state index in [2.05, 4.69) is 5.32 Å². The van der Waals surface area contributed by atoms with Crippen LogP contribution in [0, 0.1) is 6.92 Å². The van der Waals surface area contributed by atoms with Gasteiger partial charge in [0.1, 0.15) is 18.7 Å². The third kappa shape index (κ3) is 6.06. The van der Waals surface area contributed by atoms with E-state index in [0.29, 0.717) is 6.42 Å². The van der Waals surface area contributed by atoms with Crippen LogP contribution in [0.15, 0.2) is 78.9 Å². The molecule has 3 N–H and O–H groups in total. The largest absolute Gasteiger partial charge is 0.445 e. The van der Waals surface area contributed by atoms with Gasteiger partial charge >= 0.3 is 6.09 Å². The first-order valence-corrected chi connectivity index (χ1v) is 11.6. The van der Waals surface area contributed by atoms with Gasteiger partial charge in [0.25, 0.3) is 0 Å². The van der Waals surface area contributed by atoms with Crippen molar-refractivity contribution < 1.29 is 19.1 Å². The molecule has 7 heteroatoms. The predicted octanol–water partition coefficient (Wildman–Crippen LogP) is 3.27. The first-order valence-electron chi connectivity index (χ1n) is 11.6. The van der Waals surface area contributed by atoms with Crippen LogP contribution in [0.1, 0.15) is 27.8 Å². The summed E-state index contributed by atoms with van der Waals surface area (Å²) in [5, 5.41) is 2.78. The number of carbonyl (C=O) groups excluding carboxylic acids is 3. The number of rotatable bonds is 7. The molecule has 1 heterocycles. The van der Waals surface area contributed by atoms with Gasteiger partial charge in [0, 0.05) is 12.8 Å². The standard InChI is InChI=1S/C28H29N3O4/c1-19-8-7-11-21(14-19)15-24(26(29)32)30-27(33)25-16-22-12-5-6-13-23(22)17-31(25)28(34)35-18-20-9-3-2-4-10-20/h2-14,24-25H,15-18H2,1H3,(H2,29,32)(H,30,33)/t24-,25+/m1/s1.